The highest BCUT2D eigenvalue weighted by atomic mass is 32.2. The van der Waals surface area contributed by atoms with Crippen LogP contribution in [0.2, 0.25) is 0 Å². The Bertz CT molecular complexity index is 483. The average molecular weight is 271 g/mol. The summed E-state index contributed by atoms with van der Waals surface area (Å²) in [5.41, 5.74) is 2.05. The Hall–Kier alpha value is -1.23. The quantitative estimate of drug-likeness (QED) is 0.773. The number of methoxy groups -OCH3 is 1. The van der Waals surface area contributed by atoms with Crippen molar-refractivity contribution in [2.45, 2.75) is 20.3 Å². The molecule has 0 amide bonds. The SMILES string of the molecule is CCS(=O)(=O)CCCNc1cc(C)ccc1OC. The van der Waals surface area contributed by atoms with Gasteiger partial charge in [0.1, 0.15) is 15.6 Å². The van der Waals surface area contributed by atoms with Gasteiger partial charge < -0.3 is 10.1 Å². The number of sulfone groups is 1. The Morgan fingerprint density at radius 1 is 1.33 bits per heavy atom. The van der Waals surface area contributed by atoms with Crippen molar-refractivity contribution in [3.05, 3.63) is 23.8 Å². The zero-order chi connectivity index (χ0) is 13.6. The summed E-state index contributed by atoms with van der Waals surface area (Å²) in [7, 11) is -1.25. The summed E-state index contributed by atoms with van der Waals surface area (Å²) in [6, 6.07) is 5.87. The first kappa shape index (κ1) is 14.8. The maximum Gasteiger partial charge on any atom is 0.150 e. The van der Waals surface area contributed by atoms with Crippen LogP contribution in [-0.4, -0.2) is 33.6 Å². The van der Waals surface area contributed by atoms with Gasteiger partial charge in [-0.05, 0) is 31.0 Å². The molecule has 1 N–H and O–H groups in total. The minimum Gasteiger partial charge on any atom is -0.495 e. The summed E-state index contributed by atoms with van der Waals surface area (Å²) in [6.07, 6.45) is 0.604. The lowest BCUT2D eigenvalue weighted by molar-refractivity contribution is 0.416. The second kappa shape index (κ2) is 6.64. The van der Waals surface area contributed by atoms with Gasteiger partial charge in [0.2, 0.25) is 0 Å². The molecule has 102 valence electrons. The molecule has 0 saturated carbocycles. The third-order valence-corrected chi connectivity index (χ3v) is 4.53. The predicted octanol–water partition coefficient (Wildman–Crippen LogP) is 2.24. The van der Waals surface area contributed by atoms with Crippen molar-refractivity contribution in [2.24, 2.45) is 0 Å². The van der Waals surface area contributed by atoms with Gasteiger partial charge >= 0.3 is 0 Å². The summed E-state index contributed by atoms with van der Waals surface area (Å²) in [5, 5.41) is 3.21. The highest BCUT2D eigenvalue weighted by Crippen LogP contribution is 2.24. The lowest BCUT2D eigenvalue weighted by atomic mass is 10.2. The molecule has 0 aromatic heterocycles. The van der Waals surface area contributed by atoms with E-state index in [1.54, 1.807) is 14.0 Å². The molecule has 5 heteroatoms. The van der Waals surface area contributed by atoms with Crippen LogP contribution >= 0.6 is 0 Å². The monoisotopic (exact) mass is 271 g/mol. The first-order valence-electron chi connectivity index (χ1n) is 6.07. The molecule has 1 rings (SSSR count). The molecule has 0 saturated heterocycles. The number of hydrogen-bond donors (Lipinski definition) is 1. The number of aryl methyl sites for hydroxylation is 1. The van der Waals surface area contributed by atoms with Gasteiger partial charge in [-0.25, -0.2) is 8.42 Å². The second-order valence-corrected chi connectivity index (χ2v) is 6.69. The molecule has 0 atom stereocenters. The van der Waals surface area contributed by atoms with Crippen LogP contribution < -0.4 is 10.1 Å². The molecule has 4 nitrogen and oxygen atoms in total. The number of anilines is 1. The van der Waals surface area contributed by atoms with Crippen LogP contribution in [0.3, 0.4) is 0 Å². The lowest BCUT2D eigenvalue weighted by Gasteiger charge is -2.11. The molecular formula is C13H21NO3S. The highest BCUT2D eigenvalue weighted by Gasteiger charge is 2.07. The molecule has 0 spiro atoms. The normalized spacial score (nSPS) is 11.3. The lowest BCUT2D eigenvalue weighted by Crippen LogP contribution is -2.13. The Labute approximate surface area is 109 Å². The van der Waals surface area contributed by atoms with Crippen LogP contribution in [0.1, 0.15) is 18.9 Å². The van der Waals surface area contributed by atoms with E-state index in [4.69, 9.17) is 4.74 Å². The van der Waals surface area contributed by atoms with E-state index < -0.39 is 9.84 Å². The van der Waals surface area contributed by atoms with E-state index in [0.717, 1.165) is 17.0 Å². The van der Waals surface area contributed by atoms with Gasteiger partial charge in [0, 0.05) is 12.3 Å². The Morgan fingerprint density at radius 3 is 2.67 bits per heavy atom. The van der Waals surface area contributed by atoms with Crippen LogP contribution in [0.25, 0.3) is 0 Å². The summed E-state index contributed by atoms with van der Waals surface area (Å²) < 4.78 is 27.9. The Balaban J connectivity index is 2.51. The number of hydrogen-bond acceptors (Lipinski definition) is 4. The van der Waals surface area contributed by atoms with E-state index in [9.17, 15) is 8.42 Å². The third-order valence-electron chi connectivity index (χ3n) is 2.74. The fraction of sp³-hybridized carbons (Fsp3) is 0.538. The van der Waals surface area contributed by atoms with Crippen molar-refractivity contribution < 1.29 is 13.2 Å². The van der Waals surface area contributed by atoms with Gasteiger partial charge in [0.05, 0.1) is 18.6 Å². The second-order valence-electron chi connectivity index (χ2n) is 4.22. The van der Waals surface area contributed by atoms with Gasteiger partial charge in [0.15, 0.2) is 0 Å². The van der Waals surface area contributed by atoms with Gasteiger partial charge in [-0.2, -0.15) is 0 Å². The van der Waals surface area contributed by atoms with Gasteiger partial charge in [-0.3, -0.25) is 0 Å². The summed E-state index contributed by atoms with van der Waals surface area (Å²) in [4.78, 5) is 0. The number of nitrogens with one attached hydrogen (secondary N) is 1. The molecule has 0 radical (unpaired) electrons. The largest absolute Gasteiger partial charge is 0.495 e. The molecule has 0 unspecified atom stereocenters. The molecule has 0 aliphatic carbocycles. The van der Waals surface area contributed by atoms with E-state index >= 15 is 0 Å². The van der Waals surface area contributed by atoms with Crippen molar-refractivity contribution in [3.8, 4) is 5.75 Å². The van der Waals surface area contributed by atoms with Crippen molar-refractivity contribution >= 4 is 15.5 Å². The topological polar surface area (TPSA) is 55.4 Å². The minimum atomic E-state index is -2.87. The first-order valence-corrected chi connectivity index (χ1v) is 7.89. The van der Waals surface area contributed by atoms with Crippen molar-refractivity contribution in [1.29, 1.82) is 0 Å². The Kier molecular flexibility index (Phi) is 5.47. The molecule has 18 heavy (non-hydrogen) atoms. The molecular weight excluding hydrogens is 250 g/mol. The minimum absolute atomic E-state index is 0.209. The highest BCUT2D eigenvalue weighted by molar-refractivity contribution is 7.91. The molecule has 1 aromatic carbocycles. The van der Waals surface area contributed by atoms with Crippen LogP contribution in [-0.2, 0) is 9.84 Å². The van der Waals surface area contributed by atoms with Crippen LogP contribution in [0.5, 0.6) is 5.75 Å². The average Bonchev–Trinajstić information content (AvgIpc) is 2.35. The maximum atomic E-state index is 11.3. The number of benzene rings is 1. The summed E-state index contributed by atoms with van der Waals surface area (Å²) >= 11 is 0. The van der Waals surface area contributed by atoms with Crippen LogP contribution in [0.15, 0.2) is 18.2 Å². The fourth-order valence-corrected chi connectivity index (χ4v) is 2.49. The standard InChI is InChI=1S/C13H21NO3S/c1-4-18(15,16)9-5-8-14-12-10-11(2)6-7-13(12)17-3/h6-7,10,14H,4-5,8-9H2,1-3H3. The molecule has 0 aliphatic rings. The van der Waals surface area contributed by atoms with E-state index in [1.807, 2.05) is 25.1 Å². The summed E-state index contributed by atoms with van der Waals surface area (Å²) in [6.45, 7) is 4.30. The van der Waals surface area contributed by atoms with Gasteiger partial charge in [-0.15, -0.1) is 0 Å². The van der Waals surface area contributed by atoms with E-state index in [0.29, 0.717) is 13.0 Å². The van der Waals surface area contributed by atoms with Crippen molar-refractivity contribution in [2.75, 3.05) is 30.5 Å². The zero-order valence-electron chi connectivity index (χ0n) is 11.2. The fourth-order valence-electron chi connectivity index (χ4n) is 1.62. The van der Waals surface area contributed by atoms with E-state index in [-0.39, 0.29) is 11.5 Å². The Morgan fingerprint density at radius 2 is 2.06 bits per heavy atom. The van der Waals surface area contributed by atoms with Crippen molar-refractivity contribution in [1.82, 2.24) is 0 Å². The smallest absolute Gasteiger partial charge is 0.150 e. The van der Waals surface area contributed by atoms with Gasteiger partial charge in [0.25, 0.3) is 0 Å². The molecule has 0 heterocycles. The van der Waals surface area contributed by atoms with Crippen LogP contribution in [0.4, 0.5) is 5.69 Å². The first-order chi connectivity index (χ1) is 8.48. The maximum absolute atomic E-state index is 11.3. The molecule has 0 bridgehead atoms. The number of rotatable bonds is 7. The van der Waals surface area contributed by atoms with Gasteiger partial charge in [-0.1, -0.05) is 13.0 Å². The summed E-state index contributed by atoms with van der Waals surface area (Å²) in [5.74, 6) is 1.21. The zero-order valence-corrected chi connectivity index (χ0v) is 12.0. The molecule has 0 fully saturated rings. The van der Waals surface area contributed by atoms with Crippen molar-refractivity contribution in [3.63, 3.8) is 0 Å². The molecule has 0 aliphatic heterocycles. The van der Waals surface area contributed by atoms with E-state index in [1.165, 1.54) is 0 Å². The van der Waals surface area contributed by atoms with E-state index in [2.05, 4.69) is 5.32 Å². The number of ether oxygens (including phenoxy) is 1. The molecule has 1 aromatic rings. The third kappa shape index (κ3) is 4.56. The predicted molar refractivity (Wildman–Crippen MR) is 75.2 cm³/mol. The van der Waals surface area contributed by atoms with Crippen LogP contribution in [0, 0.1) is 6.92 Å².